The van der Waals surface area contributed by atoms with Gasteiger partial charge in [-0.3, -0.25) is 0 Å². The Labute approximate surface area is 140 Å². The predicted molar refractivity (Wildman–Crippen MR) is 99.0 cm³/mol. The Kier molecular flexibility index (Phi) is 5.07. The maximum Gasteiger partial charge on any atom is 0.0159 e. The molecule has 0 aliphatic heterocycles. The van der Waals surface area contributed by atoms with Gasteiger partial charge in [0, 0.05) is 9.79 Å². The lowest BCUT2D eigenvalue weighted by Gasteiger charge is -2.27. The molecule has 0 atom stereocenters. The van der Waals surface area contributed by atoms with E-state index in [0.717, 1.165) is 6.42 Å². The highest BCUT2D eigenvalue weighted by Crippen LogP contribution is 2.41. The molecule has 0 radical (unpaired) electrons. The zero-order chi connectivity index (χ0) is 16.4. The smallest absolute Gasteiger partial charge is 0.0159 e. The first-order chi connectivity index (χ1) is 10.3. The second kappa shape index (κ2) is 6.50. The molecule has 22 heavy (non-hydrogen) atoms. The van der Waals surface area contributed by atoms with Crippen LogP contribution in [0.3, 0.4) is 0 Å². The summed E-state index contributed by atoms with van der Waals surface area (Å²) in [6.07, 6.45) is 1.14. The molecule has 0 aromatic heterocycles. The van der Waals surface area contributed by atoms with Crippen LogP contribution in [0.15, 0.2) is 58.3 Å². The molecule has 0 spiro atoms. The Morgan fingerprint density at radius 2 is 1.18 bits per heavy atom. The average molecular weight is 313 g/mol. The van der Waals surface area contributed by atoms with Crippen LogP contribution in [0.1, 0.15) is 59.1 Å². The van der Waals surface area contributed by atoms with E-state index < -0.39 is 0 Å². The molecule has 0 N–H and O–H groups in total. The molecular weight excluding hydrogens is 284 g/mol. The van der Waals surface area contributed by atoms with E-state index in [1.165, 1.54) is 20.9 Å². The van der Waals surface area contributed by atoms with Crippen molar-refractivity contribution in [1.82, 2.24) is 0 Å². The Balaban J connectivity index is 2.46. The van der Waals surface area contributed by atoms with Crippen molar-refractivity contribution in [2.24, 2.45) is 0 Å². The van der Waals surface area contributed by atoms with Crippen molar-refractivity contribution in [3.05, 3.63) is 59.7 Å². The maximum absolute atomic E-state index is 2.34. The van der Waals surface area contributed by atoms with Gasteiger partial charge < -0.3 is 0 Å². The van der Waals surface area contributed by atoms with Crippen molar-refractivity contribution in [2.75, 3.05) is 0 Å². The van der Waals surface area contributed by atoms with E-state index in [-0.39, 0.29) is 10.8 Å². The van der Waals surface area contributed by atoms with Gasteiger partial charge in [0.15, 0.2) is 0 Å². The number of hydrogen-bond donors (Lipinski definition) is 0. The highest BCUT2D eigenvalue weighted by Gasteiger charge is 2.23. The largest absolute Gasteiger partial charge is 0.0895 e. The summed E-state index contributed by atoms with van der Waals surface area (Å²) in [4.78, 5) is 2.75. The fourth-order valence-corrected chi connectivity index (χ4v) is 4.07. The fraction of sp³-hybridized carbons (Fsp3) is 0.429. The van der Waals surface area contributed by atoms with Gasteiger partial charge in [-0.15, -0.1) is 0 Å². The summed E-state index contributed by atoms with van der Waals surface area (Å²) in [7, 11) is 0. The summed E-state index contributed by atoms with van der Waals surface area (Å²) >= 11 is 1.91. The molecule has 118 valence electrons. The molecule has 0 saturated heterocycles. The van der Waals surface area contributed by atoms with Crippen LogP contribution in [-0.4, -0.2) is 0 Å². The van der Waals surface area contributed by atoms with Crippen LogP contribution < -0.4 is 0 Å². The molecule has 2 rings (SSSR count). The summed E-state index contributed by atoms with van der Waals surface area (Å²) in [6.45, 7) is 13.8. The van der Waals surface area contributed by atoms with Gasteiger partial charge in [0.25, 0.3) is 0 Å². The summed E-state index contributed by atoms with van der Waals surface area (Å²) in [6, 6.07) is 17.7. The van der Waals surface area contributed by atoms with Crippen molar-refractivity contribution in [1.29, 1.82) is 0 Å². The van der Waals surface area contributed by atoms with E-state index in [4.69, 9.17) is 0 Å². The Bertz CT molecular complexity index is 632. The molecule has 2 aromatic carbocycles. The minimum Gasteiger partial charge on any atom is -0.0895 e. The van der Waals surface area contributed by atoms with Gasteiger partial charge in [-0.25, -0.2) is 0 Å². The van der Waals surface area contributed by atoms with Crippen molar-refractivity contribution in [3.8, 4) is 0 Å². The first-order valence-corrected chi connectivity index (χ1v) is 8.94. The molecule has 1 heteroatoms. The standard InChI is InChI=1S/C21H28S/c1-7-21(5,6)17-13-9-11-15-19(17)22-18-14-10-8-12-16(18)20(2,3)4/h8-15H,7H2,1-6H3. The minimum atomic E-state index is 0.165. The van der Waals surface area contributed by atoms with Gasteiger partial charge in [0.1, 0.15) is 0 Å². The summed E-state index contributed by atoms with van der Waals surface area (Å²) < 4.78 is 0. The van der Waals surface area contributed by atoms with Gasteiger partial charge in [-0.2, -0.15) is 0 Å². The fourth-order valence-electron chi connectivity index (χ4n) is 2.60. The first kappa shape index (κ1) is 17.1. The summed E-state index contributed by atoms with van der Waals surface area (Å²) in [5.41, 5.74) is 3.24. The predicted octanol–water partition coefficient (Wildman–Crippen LogP) is 6.82. The SMILES string of the molecule is CCC(C)(C)c1ccccc1Sc1ccccc1C(C)(C)C. The lowest BCUT2D eigenvalue weighted by Crippen LogP contribution is -2.16. The molecule has 0 heterocycles. The van der Waals surface area contributed by atoms with Crippen LogP contribution in [0, 0.1) is 0 Å². The van der Waals surface area contributed by atoms with Crippen molar-refractivity contribution >= 4 is 11.8 Å². The number of hydrogen-bond acceptors (Lipinski definition) is 1. The summed E-state index contributed by atoms with van der Waals surface area (Å²) in [5, 5.41) is 0. The van der Waals surface area contributed by atoms with Crippen molar-refractivity contribution in [2.45, 2.75) is 68.6 Å². The molecule has 0 nitrogen and oxygen atoms in total. The molecule has 0 amide bonds. The highest BCUT2D eigenvalue weighted by atomic mass is 32.2. The normalized spacial score (nSPS) is 12.5. The van der Waals surface area contributed by atoms with Crippen molar-refractivity contribution in [3.63, 3.8) is 0 Å². The van der Waals surface area contributed by atoms with Gasteiger partial charge in [-0.05, 0) is 40.5 Å². The third-order valence-corrected chi connectivity index (χ3v) is 5.57. The van der Waals surface area contributed by atoms with E-state index in [2.05, 4.69) is 90.1 Å². The van der Waals surface area contributed by atoms with Gasteiger partial charge in [0.05, 0.1) is 0 Å². The second-order valence-electron chi connectivity index (χ2n) is 7.58. The minimum absolute atomic E-state index is 0.165. The second-order valence-corrected chi connectivity index (χ2v) is 8.67. The molecule has 0 unspecified atom stereocenters. The number of rotatable bonds is 4. The van der Waals surface area contributed by atoms with Gasteiger partial charge in [-0.1, -0.05) is 89.7 Å². The van der Waals surface area contributed by atoms with Crippen LogP contribution in [-0.2, 0) is 10.8 Å². The van der Waals surface area contributed by atoms with Crippen LogP contribution in [0.4, 0.5) is 0 Å². The third-order valence-electron chi connectivity index (χ3n) is 4.42. The monoisotopic (exact) mass is 312 g/mol. The first-order valence-electron chi connectivity index (χ1n) is 8.12. The van der Waals surface area contributed by atoms with Gasteiger partial charge >= 0.3 is 0 Å². The van der Waals surface area contributed by atoms with Crippen LogP contribution in [0.25, 0.3) is 0 Å². The molecular formula is C21H28S. The highest BCUT2D eigenvalue weighted by molar-refractivity contribution is 7.99. The molecule has 0 aliphatic rings. The molecule has 0 fully saturated rings. The van der Waals surface area contributed by atoms with E-state index in [9.17, 15) is 0 Å². The van der Waals surface area contributed by atoms with E-state index in [1.54, 1.807) is 0 Å². The lowest BCUT2D eigenvalue weighted by molar-refractivity contribution is 0.497. The average Bonchev–Trinajstić information content (AvgIpc) is 2.47. The Hall–Kier alpha value is -1.21. The third kappa shape index (κ3) is 3.76. The molecule has 0 bridgehead atoms. The molecule has 0 saturated carbocycles. The zero-order valence-corrected chi connectivity index (χ0v) is 15.6. The quantitative estimate of drug-likeness (QED) is 0.596. The topological polar surface area (TPSA) is 0 Å². The van der Waals surface area contributed by atoms with E-state index in [1.807, 2.05) is 11.8 Å². The van der Waals surface area contributed by atoms with Crippen molar-refractivity contribution < 1.29 is 0 Å². The lowest BCUT2D eigenvalue weighted by atomic mass is 9.82. The molecule has 0 aliphatic carbocycles. The van der Waals surface area contributed by atoms with E-state index >= 15 is 0 Å². The number of benzene rings is 2. The Morgan fingerprint density at radius 3 is 1.68 bits per heavy atom. The van der Waals surface area contributed by atoms with Crippen LogP contribution >= 0.6 is 11.8 Å². The zero-order valence-electron chi connectivity index (χ0n) is 14.7. The van der Waals surface area contributed by atoms with E-state index in [0.29, 0.717) is 0 Å². The van der Waals surface area contributed by atoms with Gasteiger partial charge in [0.2, 0.25) is 0 Å². The molecule has 2 aromatic rings. The summed E-state index contributed by atoms with van der Waals surface area (Å²) in [5.74, 6) is 0. The van der Waals surface area contributed by atoms with Crippen LogP contribution in [0.2, 0.25) is 0 Å². The van der Waals surface area contributed by atoms with Crippen LogP contribution in [0.5, 0.6) is 0 Å². The Morgan fingerprint density at radius 1 is 0.727 bits per heavy atom. The maximum atomic E-state index is 2.34.